The largest absolute Gasteiger partial charge is 0.481 e. The van der Waals surface area contributed by atoms with Gasteiger partial charge in [0.1, 0.15) is 0 Å². The van der Waals surface area contributed by atoms with E-state index in [1.165, 1.54) is 0 Å². The van der Waals surface area contributed by atoms with Crippen molar-refractivity contribution in [1.82, 2.24) is 4.98 Å². The Morgan fingerprint density at radius 3 is 2.53 bits per heavy atom. The number of nitrogens with one attached hydrogen (secondary N) is 1. The molecule has 1 heterocycles. The number of hydrogen-bond donors (Lipinski definition) is 2. The fourth-order valence-electron chi connectivity index (χ4n) is 2.12. The van der Waals surface area contributed by atoms with Crippen molar-refractivity contribution in [2.45, 2.75) is 20.8 Å². The fourth-order valence-corrected chi connectivity index (χ4v) is 2.12. The Hall–Kier alpha value is -2.10. The highest BCUT2D eigenvalue weighted by Crippen LogP contribution is 2.25. The number of carbonyl (C=O) groups excluding carboxylic acids is 1. The number of aryl methyl sites for hydroxylation is 1. The van der Waals surface area contributed by atoms with Crippen LogP contribution in [0.4, 0.5) is 0 Å². The van der Waals surface area contributed by atoms with E-state index in [0.717, 1.165) is 16.5 Å². The van der Waals surface area contributed by atoms with E-state index >= 15 is 0 Å². The smallest absolute Gasteiger partial charge is 0.306 e. The predicted octanol–water partition coefficient (Wildman–Crippen LogP) is 3.02. The van der Waals surface area contributed by atoms with E-state index in [0.29, 0.717) is 5.56 Å². The normalized spacial score (nSPS) is 14.3. The van der Waals surface area contributed by atoms with Gasteiger partial charge < -0.3 is 10.1 Å². The van der Waals surface area contributed by atoms with Crippen LogP contribution in [0.1, 0.15) is 29.8 Å². The summed E-state index contributed by atoms with van der Waals surface area (Å²) in [5.74, 6) is -2.32. The van der Waals surface area contributed by atoms with Gasteiger partial charge in [0.2, 0.25) is 0 Å². The third kappa shape index (κ3) is 2.38. The van der Waals surface area contributed by atoms with Crippen molar-refractivity contribution in [3.8, 4) is 0 Å². The monoisotopic (exact) mass is 259 g/mol. The summed E-state index contributed by atoms with van der Waals surface area (Å²) in [6.45, 7) is 5.19. The Balaban J connectivity index is 2.41. The van der Waals surface area contributed by atoms with Crippen LogP contribution >= 0.6 is 0 Å². The number of aromatic nitrogens is 1. The molecule has 0 fully saturated rings. The summed E-state index contributed by atoms with van der Waals surface area (Å²) in [4.78, 5) is 26.4. The van der Waals surface area contributed by atoms with E-state index in [1.54, 1.807) is 20.0 Å². The maximum Gasteiger partial charge on any atom is 0.306 e. The van der Waals surface area contributed by atoms with Crippen molar-refractivity contribution in [3.63, 3.8) is 0 Å². The number of carbonyl (C=O) groups is 2. The summed E-state index contributed by atoms with van der Waals surface area (Å²) >= 11 is 0. The van der Waals surface area contributed by atoms with Crippen molar-refractivity contribution in [2.24, 2.45) is 11.8 Å². The summed E-state index contributed by atoms with van der Waals surface area (Å²) in [7, 11) is 0. The molecule has 19 heavy (non-hydrogen) atoms. The number of aliphatic carboxylic acids is 1. The third-order valence-electron chi connectivity index (χ3n) is 3.66. The lowest BCUT2D eigenvalue weighted by molar-refractivity contribution is -0.142. The Morgan fingerprint density at radius 2 is 1.89 bits per heavy atom. The topological polar surface area (TPSA) is 70.2 Å². The molecule has 100 valence electrons. The summed E-state index contributed by atoms with van der Waals surface area (Å²) in [5.41, 5.74) is 2.53. The molecule has 0 bridgehead atoms. The van der Waals surface area contributed by atoms with Gasteiger partial charge in [-0.25, -0.2) is 0 Å². The predicted molar refractivity (Wildman–Crippen MR) is 73.3 cm³/mol. The first-order valence-electron chi connectivity index (χ1n) is 6.26. The van der Waals surface area contributed by atoms with Crippen molar-refractivity contribution in [2.75, 3.05) is 0 Å². The van der Waals surface area contributed by atoms with Crippen LogP contribution in [0.5, 0.6) is 0 Å². The number of H-pyrrole nitrogens is 1. The molecular formula is C15H17NO3. The highest BCUT2D eigenvalue weighted by atomic mass is 16.4. The number of hydrogen-bond acceptors (Lipinski definition) is 2. The van der Waals surface area contributed by atoms with E-state index in [4.69, 9.17) is 5.11 Å². The van der Waals surface area contributed by atoms with E-state index < -0.39 is 17.8 Å². The highest BCUT2D eigenvalue weighted by molar-refractivity contribution is 6.09. The summed E-state index contributed by atoms with van der Waals surface area (Å²) in [6, 6.07) is 5.83. The number of rotatable bonds is 4. The fraction of sp³-hybridized carbons (Fsp3) is 0.333. The molecule has 1 aromatic heterocycles. The van der Waals surface area contributed by atoms with Crippen LogP contribution in [0.3, 0.4) is 0 Å². The zero-order chi connectivity index (χ0) is 14.2. The molecule has 4 nitrogen and oxygen atoms in total. The Kier molecular flexibility index (Phi) is 3.42. The van der Waals surface area contributed by atoms with Crippen LogP contribution in [0.2, 0.25) is 0 Å². The van der Waals surface area contributed by atoms with Crippen LogP contribution in [0.15, 0.2) is 24.4 Å². The second-order valence-corrected chi connectivity index (χ2v) is 5.03. The molecule has 2 aromatic rings. The van der Waals surface area contributed by atoms with Crippen molar-refractivity contribution >= 4 is 22.7 Å². The molecule has 2 N–H and O–H groups in total. The van der Waals surface area contributed by atoms with Crippen LogP contribution in [0.25, 0.3) is 10.9 Å². The number of aromatic amines is 1. The zero-order valence-electron chi connectivity index (χ0n) is 11.2. The molecule has 4 heteroatoms. The molecule has 0 aliphatic heterocycles. The minimum Gasteiger partial charge on any atom is -0.481 e. The zero-order valence-corrected chi connectivity index (χ0v) is 11.2. The van der Waals surface area contributed by atoms with E-state index in [1.807, 2.05) is 25.1 Å². The number of carboxylic acids is 1. The third-order valence-corrected chi connectivity index (χ3v) is 3.66. The number of benzene rings is 1. The van der Waals surface area contributed by atoms with Crippen LogP contribution in [-0.4, -0.2) is 21.8 Å². The maximum absolute atomic E-state index is 12.4. The summed E-state index contributed by atoms with van der Waals surface area (Å²) in [6.07, 6.45) is 1.66. The molecule has 1 aromatic carbocycles. The van der Waals surface area contributed by atoms with Crippen LogP contribution < -0.4 is 0 Å². The van der Waals surface area contributed by atoms with Gasteiger partial charge in [0.25, 0.3) is 0 Å². The molecular weight excluding hydrogens is 242 g/mol. The van der Waals surface area contributed by atoms with E-state index in [2.05, 4.69) is 4.98 Å². The lowest BCUT2D eigenvalue weighted by atomic mass is 9.88. The lowest BCUT2D eigenvalue weighted by Gasteiger charge is -2.14. The minimum atomic E-state index is -0.947. The van der Waals surface area contributed by atoms with Crippen LogP contribution in [-0.2, 0) is 4.79 Å². The Labute approximate surface area is 111 Å². The second kappa shape index (κ2) is 4.88. The van der Waals surface area contributed by atoms with Crippen LogP contribution in [0, 0.1) is 18.8 Å². The molecule has 0 saturated carbocycles. The maximum atomic E-state index is 12.4. The molecule has 0 aliphatic rings. The van der Waals surface area contributed by atoms with Gasteiger partial charge in [-0.1, -0.05) is 25.5 Å². The molecule has 0 spiro atoms. The van der Waals surface area contributed by atoms with Gasteiger partial charge in [-0.05, 0) is 19.1 Å². The highest BCUT2D eigenvalue weighted by Gasteiger charge is 2.28. The van der Waals surface area contributed by atoms with E-state index in [9.17, 15) is 9.59 Å². The first-order chi connectivity index (χ1) is 8.91. The Bertz CT molecular complexity index is 642. The first-order valence-corrected chi connectivity index (χ1v) is 6.26. The van der Waals surface area contributed by atoms with Crippen molar-refractivity contribution in [3.05, 3.63) is 35.5 Å². The summed E-state index contributed by atoms with van der Waals surface area (Å²) < 4.78 is 0. The van der Waals surface area contributed by atoms with Crippen molar-refractivity contribution in [1.29, 1.82) is 0 Å². The van der Waals surface area contributed by atoms with Gasteiger partial charge in [0.05, 0.1) is 5.92 Å². The summed E-state index contributed by atoms with van der Waals surface area (Å²) in [5, 5.41) is 9.85. The van der Waals surface area contributed by atoms with E-state index in [-0.39, 0.29) is 5.78 Å². The number of fused-ring (bicyclic) bond motifs is 1. The van der Waals surface area contributed by atoms with Gasteiger partial charge in [-0.3, -0.25) is 9.59 Å². The van der Waals surface area contributed by atoms with Gasteiger partial charge in [-0.2, -0.15) is 0 Å². The van der Waals surface area contributed by atoms with Gasteiger partial charge in [-0.15, -0.1) is 0 Å². The molecule has 0 saturated heterocycles. The average Bonchev–Trinajstić information content (AvgIpc) is 2.78. The van der Waals surface area contributed by atoms with Gasteiger partial charge in [0.15, 0.2) is 5.78 Å². The second-order valence-electron chi connectivity index (χ2n) is 5.03. The molecule has 0 aliphatic carbocycles. The average molecular weight is 259 g/mol. The number of Topliss-reactive ketones (excluding diaryl/α,β-unsaturated/α-hetero) is 1. The minimum absolute atomic E-state index is 0.133. The quantitative estimate of drug-likeness (QED) is 0.829. The SMILES string of the molecule is Cc1ccc2[nH]cc(C(=O)C(C)C(C)C(=O)O)c2c1. The lowest BCUT2D eigenvalue weighted by Crippen LogP contribution is -2.25. The molecule has 2 atom stereocenters. The van der Waals surface area contributed by atoms with Gasteiger partial charge in [0, 0.05) is 28.6 Å². The number of ketones is 1. The molecule has 2 unspecified atom stereocenters. The van der Waals surface area contributed by atoms with Gasteiger partial charge >= 0.3 is 5.97 Å². The van der Waals surface area contributed by atoms with Crippen molar-refractivity contribution < 1.29 is 14.7 Å². The Morgan fingerprint density at radius 1 is 1.21 bits per heavy atom. The molecule has 2 rings (SSSR count). The standard InChI is InChI=1S/C15H17NO3/c1-8-4-5-13-11(6-8)12(7-16-13)14(17)9(2)10(3)15(18)19/h4-7,9-10,16H,1-3H3,(H,18,19). The molecule has 0 amide bonds. The number of carboxylic acid groups (broad SMARTS) is 1. The molecule has 0 radical (unpaired) electrons. The first kappa shape index (κ1) is 13.3.